The van der Waals surface area contributed by atoms with Gasteiger partial charge in [-0.15, -0.1) is 0 Å². The molecule has 0 aromatic carbocycles. The van der Waals surface area contributed by atoms with Crippen molar-refractivity contribution >= 4 is 0 Å². The van der Waals surface area contributed by atoms with Crippen molar-refractivity contribution in [3.05, 3.63) is 36.4 Å². The van der Waals surface area contributed by atoms with Gasteiger partial charge in [-0.1, -0.05) is 38.8 Å². The van der Waals surface area contributed by atoms with Crippen LogP contribution < -0.4 is 9.47 Å². The van der Waals surface area contributed by atoms with Crippen LogP contribution in [0.5, 0.6) is 11.8 Å². The molecule has 0 atom stereocenters. The molecule has 0 saturated heterocycles. The first-order chi connectivity index (χ1) is 10.8. The van der Waals surface area contributed by atoms with Crippen molar-refractivity contribution in [3.8, 4) is 23.1 Å². The van der Waals surface area contributed by atoms with Crippen LogP contribution in [-0.4, -0.2) is 23.2 Å². The second kappa shape index (κ2) is 9.03. The maximum Gasteiger partial charge on any atom is 0.213 e. The topological polar surface area (TPSA) is 44.2 Å². The lowest BCUT2D eigenvalue weighted by Crippen LogP contribution is -2.01. The van der Waals surface area contributed by atoms with Gasteiger partial charge in [-0.2, -0.15) is 0 Å². The fourth-order valence-corrected chi connectivity index (χ4v) is 1.92. The quantitative estimate of drug-likeness (QED) is 0.639. The van der Waals surface area contributed by atoms with Crippen molar-refractivity contribution in [2.45, 2.75) is 39.5 Å². The van der Waals surface area contributed by atoms with Gasteiger partial charge in [-0.3, -0.25) is 0 Å². The zero-order valence-corrected chi connectivity index (χ0v) is 13.4. The summed E-state index contributed by atoms with van der Waals surface area (Å²) in [7, 11) is 0. The van der Waals surface area contributed by atoms with E-state index >= 15 is 0 Å². The van der Waals surface area contributed by atoms with E-state index in [0.29, 0.717) is 25.0 Å². The Morgan fingerprint density at radius 2 is 1.18 bits per heavy atom. The molecule has 2 rings (SSSR count). The highest BCUT2D eigenvalue weighted by molar-refractivity contribution is 5.55. The number of hydrogen-bond acceptors (Lipinski definition) is 4. The van der Waals surface area contributed by atoms with Gasteiger partial charge in [0.25, 0.3) is 0 Å². The highest BCUT2D eigenvalue weighted by Crippen LogP contribution is 2.20. The Kier molecular flexibility index (Phi) is 6.68. The van der Waals surface area contributed by atoms with Crippen molar-refractivity contribution < 1.29 is 9.47 Å². The van der Waals surface area contributed by atoms with Crippen LogP contribution in [0.15, 0.2) is 36.4 Å². The monoisotopic (exact) mass is 300 g/mol. The number of hydrogen-bond donors (Lipinski definition) is 0. The average molecular weight is 300 g/mol. The van der Waals surface area contributed by atoms with Crippen LogP contribution in [0.3, 0.4) is 0 Å². The third-order valence-electron chi connectivity index (χ3n) is 3.21. The molecule has 0 saturated carbocycles. The maximum atomic E-state index is 5.65. The lowest BCUT2D eigenvalue weighted by Gasteiger charge is -2.08. The second-order valence-corrected chi connectivity index (χ2v) is 5.13. The molecule has 0 spiro atoms. The number of ether oxygens (including phenoxy) is 2. The van der Waals surface area contributed by atoms with Gasteiger partial charge in [0.2, 0.25) is 11.8 Å². The smallest absolute Gasteiger partial charge is 0.213 e. The van der Waals surface area contributed by atoms with Crippen LogP contribution in [0.1, 0.15) is 39.5 Å². The summed E-state index contributed by atoms with van der Waals surface area (Å²) in [5.74, 6) is 1.29. The Morgan fingerprint density at radius 3 is 1.59 bits per heavy atom. The van der Waals surface area contributed by atoms with E-state index in [2.05, 4.69) is 23.8 Å². The molecule has 4 nitrogen and oxygen atoms in total. The molecule has 0 radical (unpaired) electrons. The first-order valence-corrected chi connectivity index (χ1v) is 8.03. The van der Waals surface area contributed by atoms with Crippen LogP contribution in [0, 0.1) is 0 Å². The van der Waals surface area contributed by atoms with Gasteiger partial charge < -0.3 is 9.47 Å². The Labute approximate surface area is 132 Å². The van der Waals surface area contributed by atoms with Gasteiger partial charge in [0.15, 0.2) is 0 Å². The molecule has 118 valence electrons. The molecule has 0 bridgehead atoms. The van der Waals surface area contributed by atoms with Crippen LogP contribution in [-0.2, 0) is 0 Å². The minimum atomic E-state index is 0.644. The molecule has 0 aliphatic carbocycles. The molecule has 0 fully saturated rings. The summed E-state index contributed by atoms with van der Waals surface area (Å²) < 4.78 is 11.3. The normalized spacial score (nSPS) is 10.5. The van der Waals surface area contributed by atoms with E-state index in [1.807, 2.05) is 36.4 Å². The lowest BCUT2D eigenvalue weighted by molar-refractivity contribution is 0.297. The van der Waals surface area contributed by atoms with Gasteiger partial charge in [0.1, 0.15) is 0 Å². The van der Waals surface area contributed by atoms with E-state index in [1.54, 1.807) is 0 Å². The van der Waals surface area contributed by atoms with Gasteiger partial charge in [-0.05, 0) is 25.0 Å². The molecular weight excluding hydrogens is 276 g/mol. The Hall–Kier alpha value is -2.10. The van der Waals surface area contributed by atoms with E-state index < -0.39 is 0 Å². The van der Waals surface area contributed by atoms with Crippen LogP contribution in [0.4, 0.5) is 0 Å². The van der Waals surface area contributed by atoms with Gasteiger partial charge in [0.05, 0.1) is 24.6 Å². The number of rotatable bonds is 9. The standard InChI is InChI=1S/C18H24N2O2/c1-3-5-13-21-17-11-7-9-15(19-17)16-10-8-12-18(20-16)22-14-6-4-2/h7-12H,3-6,13-14H2,1-2H3. The fraction of sp³-hybridized carbons (Fsp3) is 0.444. The second-order valence-electron chi connectivity index (χ2n) is 5.13. The van der Waals surface area contributed by atoms with Gasteiger partial charge >= 0.3 is 0 Å². The summed E-state index contributed by atoms with van der Waals surface area (Å²) in [5.41, 5.74) is 1.60. The Balaban J connectivity index is 2.07. The molecule has 0 N–H and O–H groups in total. The average Bonchev–Trinajstić information content (AvgIpc) is 2.56. The summed E-state index contributed by atoms with van der Waals surface area (Å²) in [6.45, 7) is 5.67. The third kappa shape index (κ3) is 5.02. The largest absolute Gasteiger partial charge is 0.478 e. The number of unbranched alkanes of at least 4 members (excludes halogenated alkanes) is 2. The fourth-order valence-electron chi connectivity index (χ4n) is 1.92. The molecule has 2 heterocycles. The van der Waals surface area contributed by atoms with Crippen molar-refractivity contribution in [3.63, 3.8) is 0 Å². The molecule has 0 amide bonds. The Morgan fingerprint density at radius 1 is 0.727 bits per heavy atom. The van der Waals surface area contributed by atoms with Crippen LogP contribution in [0.25, 0.3) is 11.4 Å². The first-order valence-electron chi connectivity index (χ1n) is 8.03. The van der Waals surface area contributed by atoms with E-state index in [-0.39, 0.29) is 0 Å². The summed E-state index contributed by atoms with van der Waals surface area (Å²) in [6.07, 6.45) is 4.28. The SMILES string of the molecule is CCCCOc1cccc(-c2cccc(OCCCC)n2)n1. The first kappa shape index (κ1) is 16.3. The molecule has 4 heteroatoms. The summed E-state index contributed by atoms with van der Waals surface area (Å²) in [4.78, 5) is 9.02. The molecule has 22 heavy (non-hydrogen) atoms. The van der Waals surface area contributed by atoms with Crippen molar-refractivity contribution in [2.24, 2.45) is 0 Å². The van der Waals surface area contributed by atoms with Crippen LogP contribution >= 0.6 is 0 Å². The van der Waals surface area contributed by atoms with E-state index in [1.165, 1.54) is 0 Å². The van der Waals surface area contributed by atoms with Crippen molar-refractivity contribution in [1.82, 2.24) is 9.97 Å². The molecule has 2 aromatic rings. The summed E-state index contributed by atoms with van der Waals surface area (Å²) in [6, 6.07) is 11.5. The van der Waals surface area contributed by atoms with Crippen molar-refractivity contribution in [2.75, 3.05) is 13.2 Å². The predicted octanol–water partition coefficient (Wildman–Crippen LogP) is 4.50. The molecule has 0 aliphatic rings. The van der Waals surface area contributed by atoms with Gasteiger partial charge in [-0.25, -0.2) is 9.97 Å². The van der Waals surface area contributed by atoms with Gasteiger partial charge in [0, 0.05) is 12.1 Å². The zero-order valence-electron chi connectivity index (χ0n) is 13.4. The minimum absolute atomic E-state index is 0.644. The van der Waals surface area contributed by atoms with E-state index in [0.717, 1.165) is 37.1 Å². The van der Waals surface area contributed by atoms with Crippen molar-refractivity contribution in [1.29, 1.82) is 0 Å². The highest BCUT2D eigenvalue weighted by atomic mass is 16.5. The summed E-state index contributed by atoms with van der Waals surface area (Å²) >= 11 is 0. The lowest BCUT2D eigenvalue weighted by atomic mass is 10.2. The summed E-state index contributed by atoms with van der Waals surface area (Å²) in [5, 5.41) is 0. The highest BCUT2D eigenvalue weighted by Gasteiger charge is 2.05. The Bertz CT molecular complexity index is 521. The number of pyridine rings is 2. The zero-order chi connectivity index (χ0) is 15.6. The number of aromatic nitrogens is 2. The molecule has 0 unspecified atom stereocenters. The third-order valence-corrected chi connectivity index (χ3v) is 3.21. The maximum absolute atomic E-state index is 5.65. The number of nitrogens with zero attached hydrogens (tertiary/aromatic N) is 2. The predicted molar refractivity (Wildman–Crippen MR) is 88.3 cm³/mol. The van der Waals surface area contributed by atoms with Crippen LogP contribution in [0.2, 0.25) is 0 Å². The van der Waals surface area contributed by atoms with E-state index in [9.17, 15) is 0 Å². The van der Waals surface area contributed by atoms with E-state index in [4.69, 9.17) is 9.47 Å². The molecule has 0 aliphatic heterocycles. The molecule has 2 aromatic heterocycles. The minimum Gasteiger partial charge on any atom is -0.478 e. The molecular formula is C18H24N2O2.